The zero-order chi connectivity index (χ0) is 15.5. The van der Waals surface area contributed by atoms with Crippen LogP contribution < -0.4 is 5.32 Å². The topological polar surface area (TPSA) is 27.8 Å². The van der Waals surface area contributed by atoms with E-state index in [-0.39, 0.29) is 0 Å². The molecule has 0 radical (unpaired) electrons. The Morgan fingerprint density at radius 3 is 2.45 bits per heavy atom. The van der Waals surface area contributed by atoms with Gasteiger partial charge < -0.3 is 10.3 Å². The summed E-state index contributed by atoms with van der Waals surface area (Å²) >= 11 is 0. The first-order chi connectivity index (χ1) is 10.6. The molecule has 0 amide bonds. The van der Waals surface area contributed by atoms with Gasteiger partial charge in [-0.3, -0.25) is 0 Å². The van der Waals surface area contributed by atoms with Crippen LogP contribution in [0.5, 0.6) is 0 Å². The zero-order valence-electron chi connectivity index (χ0n) is 13.6. The van der Waals surface area contributed by atoms with E-state index in [9.17, 15) is 0 Å². The highest BCUT2D eigenvalue weighted by Gasteiger charge is 2.07. The molecule has 22 heavy (non-hydrogen) atoms. The maximum atomic E-state index is 3.60. The molecule has 0 saturated heterocycles. The third-order valence-electron chi connectivity index (χ3n) is 3.94. The Labute approximate surface area is 132 Å². The number of H-pyrrole nitrogens is 1. The number of aromatic nitrogens is 1. The second-order valence-corrected chi connectivity index (χ2v) is 6.53. The number of fused-ring (bicyclic) bond motifs is 1. The van der Waals surface area contributed by atoms with Crippen LogP contribution in [-0.4, -0.2) is 11.0 Å². The number of hydrogen-bond acceptors (Lipinski definition) is 1. The van der Waals surface area contributed by atoms with Crippen LogP contribution in [0.4, 0.5) is 5.69 Å². The Balaban J connectivity index is 1.84. The Bertz CT molecular complexity index is 741. The van der Waals surface area contributed by atoms with E-state index in [0.717, 1.165) is 0 Å². The van der Waals surface area contributed by atoms with E-state index in [0.29, 0.717) is 12.0 Å². The summed E-state index contributed by atoms with van der Waals surface area (Å²) in [5.74, 6) is 0.711. The molecular weight excluding hydrogens is 268 g/mol. The quantitative estimate of drug-likeness (QED) is 0.622. The molecule has 0 saturated carbocycles. The molecule has 0 spiro atoms. The molecule has 0 bridgehead atoms. The van der Waals surface area contributed by atoms with Gasteiger partial charge in [-0.15, -0.1) is 0 Å². The minimum absolute atomic E-state index is 0.491. The van der Waals surface area contributed by atoms with Crippen LogP contribution in [0, 0.1) is 5.92 Å². The molecule has 1 unspecified atom stereocenters. The molecule has 1 atom stereocenters. The molecule has 2 heteroatoms. The highest BCUT2D eigenvalue weighted by Crippen LogP contribution is 2.26. The van der Waals surface area contributed by atoms with E-state index < -0.39 is 0 Å². The number of nitrogens with one attached hydrogen (secondary N) is 2. The lowest BCUT2D eigenvalue weighted by Crippen LogP contribution is -2.17. The normalized spacial score (nSPS) is 12.7. The van der Waals surface area contributed by atoms with Crippen molar-refractivity contribution >= 4 is 16.6 Å². The predicted octanol–water partition coefficient (Wildman–Crippen LogP) is 5.68. The lowest BCUT2D eigenvalue weighted by Gasteiger charge is -2.17. The number of rotatable bonds is 5. The molecular formula is C20H24N2. The molecule has 3 aromatic rings. The van der Waals surface area contributed by atoms with Crippen molar-refractivity contribution in [3.63, 3.8) is 0 Å². The van der Waals surface area contributed by atoms with Crippen LogP contribution in [0.25, 0.3) is 22.2 Å². The first-order valence-corrected chi connectivity index (χ1v) is 8.06. The maximum Gasteiger partial charge on any atom is 0.0464 e. The molecule has 0 aliphatic carbocycles. The summed E-state index contributed by atoms with van der Waals surface area (Å²) in [5.41, 5.74) is 4.77. The Morgan fingerprint density at radius 1 is 0.955 bits per heavy atom. The summed E-state index contributed by atoms with van der Waals surface area (Å²) in [6, 6.07) is 19.7. The molecule has 2 nitrogen and oxygen atoms in total. The SMILES string of the molecule is CC(C)CC(C)Nc1ccc2[nH]c(-c3ccccc3)cc2c1. The smallest absolute Gasteiger partial charge is 0.0464 e. The van der Waals surface area contributed by atoms with Gasteiger partial charge >= 0.3 is 0 Å². The van der Waals surface area contributed by atoms with Crippen molar-refractivity contribution in [3.05, 3.63) is 54.6 Å². The van der Waals surface area contributed by atoms with Crippen LogP contribution in [0.15, 0.2) is 54.6 Å². The van der Waals surface area contributed by atoms with Gasteiger partial charge in [-0.1, -0.05) is 44.2 Å². The van der Waals surface area contributed by atoms with Gasteiger partial charge in [0.25, 0.3) is 0 Å². The van der Waals surface area contributed by atoms with Crippen LogP contribution in [0.3, 0.4) is 0 Å². The highest BCUT2D eigenvalue weighted by atomic mass is 14.9. The second-order valence-electron chi connectivity index (χ2n) is 6.53. The molecule has 3 rings (SSSR count). The van der Waals surface area contributed by atoms with Crippen molar-refractivity contribution in [1.82, 2.24) is 4.98 Å². The molecule has 0 aliphatic rings. The standard InChI is InChI=1S/C20H24N2/c1-14(2)11-15(3)21-18-9-10-19-17(12-18)13-20(22-19)16-7-5-4-6-8-16/h4-10,12-15,21-22H,11H2,1-3H3. The zero-order valence-corrected chi connectivity index (χ0v) is 13.6. The summed E-state index contributed by atoms with van der Waals surface area (Å²) in [5, 5.41) is 4.85. The number of benzene rings is 2. The fourth-order valence-corrected chi connectivity index (χ4v) is 3.05. The lowest BCUT2D eigenvalue weighted by molar-refractivity contribution is 0.540. The van der Waals surface area contributed by atoms with Gasteiger partial charge in [0.1, 0.15) is 0 Å². The van der Waals surface area contributed by atoms with E-state index in [2.05, 4.69) is 79.6 Å². The molecule has 2 aromatic carbocycles. The maximum absolute atomic E-state index is 3.60. The fraction of sp³-hybridized carbons (Fsp3) is 0.300. The van der Waals surface area contributed by atoms with Crippen LogP contribution in [0.2, 0.25) is 0 Å². The van der Waals surface area contributed by atoms with Gasteiger partial charge in [0, 0.05) is 28.3 Å². The summed E-state index contributed by atoms with van der Waals surface area (Å²) in [4.78, 5) is 3.50. The summed E-state index contributed by atoms with van der Waals surface area (Å²) in [7, 11) is 0. The molecule has 0 aliphatic heterocycles. The number of anilines is 1. The van der Waals surface area contributed by atoms with E-state index in [1.54, 1.807) is 0 Å². The first-order valence-electron chi connectivity index (χ1n) is 8.06. The van der Waals surface area contributed by atoms with Gasteiger partial charge in [0.2, 0.25) is 0 Å². The second kappa shape index (κ2) is 6.27. The predicted molar refractivity (Wildman–Crippen MR) is 96.3 cm³/mol. The van der Waals surface area contributed by atoms with E-state index >= 15 is 0 Å². The Hall–Kier alpha value is -2.22. The highest BCUT2D eigenvalue weighted by molar-refractivity contribution is 5.88. The lowest BCUT2D eigenvalue weighted by atomic mass is 10.0. The Morgan fingerprint density at radius 2 is 1.73 bits per heavy atom. The Kier molecular flexibility index (Phi) is 4.19. The third kappa shape index (κ3) is 3.33. The van der Waals surface area contributed by atoms with Gasteiger partial charge in [-0.25, -0.2) is 0 Å². The summed E-state index contributed by atoms with van der Waals surface area (Å²) < 4.78 is 0. The summed E-state index contributed by atoms with van der Waals surface area (Å²) in [6.07, 6.45) is 1.18. The average molecular weight is 292 g/mol. The molecule has 1 aromatic heterocycles. The molecule has 0 fully saturated rings. The molecule has 2 N–H and O–H groups in total. The van der Waals surface area contributed by atoms with Crippen molar-refractivity contribution in [2.45, 2.75) is 33.2 Å². The molecule has 114 valence electrons. The van der Waals surface area contributed by atoms with Crippen molar-refractivity contribution in [2.75, 3.05) is 5.32 Å². The number of hydrogen-bond donors (Lipinski definition) is 2. The van der Waals surface area contributed by atoms with E-state index in [1.807, 2.05) is 6.07 Å². The van der Waals surface area contributed by atoms with Gasteiger partial charge in [-0.2, -0.15) is 0 Å². The fourth-order valence-electron chi connectivity index (χ4n) is 3.05. The average Bonchev–Trinajstić information content (AvgIpc) is 2.90. The van der Waals surface area contributed by atoms with Crippen LogP contribution in [0.1, 0.15) is 27.2 Å². The number of aromatic amines is 1. The van der Waals surface area contributed by atoms with Crippen molar-refractivity contribution < 1.29 is 0 Å². The van der Waals surface area contributed by atoms with Crippen LogP contribution in [-0.2, 0) is 0 Å². The van der Waals surface area contributed by atoms with Crippen molar-refractivity contribution in [3.8, 4) is 11.3 Å². The largest absolute Gasteiger partial charge is 0.383 e. The first kappa shape index (κ1) is 14.7. The van der Waals surface area contributed by atoms with Crippen LogP contribution >= 0.6 is 0 Å². The van der Waals surface area contributed by atoms with Gasteiger partial charge in [0.05, 0.1) is 0 Å². The summed E-state index contributed by atoms with van der Waals surface area (Å²) in [6.45, 7) is 6.77. The monoisotopic (exact) mass is 292 g/mol. The van der Waals surface area contributed by atoms with Crippen molar-refractivity contribution in [2.24, 2.45) is 5.92 Å². The molecule has 1 heterocycles. The van der Waals surface area contributed by atoms with Gasteiger partial charge in [0.15, 0.2) is 0 Å². The van der Waals surface area contributed by atoms with E-state index in [4.69, 9.17) is 0 Å². The van der Waals surface area contributed by atoms with Crippen molar-refractivity contribution in [1.29, 1.82) is 0 Å². The minimum atomic E-state index is 0.491. The minimum Gasteiger partial charge on any atom is -0.383 e. The third-order valence-corrected chi connectivity index (χ3v) is 3.94. The van der Waals surface area contributed by atoms with E-state index in [1.165, 1.54) is 34.3 Å². The van der Waals surface area contributed by atoms with Gasteiger partial charge in [-0.05, 0) is 49.1 Å².